The Labute approximate surface area is 130 Å². The second-order valence-corrected chi connectivity index (χ2v) is 6.26. The van der Waals surface area contributed by atoms with Gasteiger partial charge >= 0.3 is 6.18 Å². The average Bonchev–Trinajstić information content (AvgIpc) is 2.77. The van der Waals surface area contributed by atoms with Gasteiger partial charge in [0.05, 0.1) is 5.56 Å². The third kappa shape index (κ3) is 2.90. The first-order valence-electron chi connectivity index (χ1n) is 6.76. The highest BCUT2D eigenvalue weighted by molar-refractivity contribution is 5.95. The first kappa shape index (κ1) is 17.3. The highest BCUT2D eigenvalue weighted by atomic mass is 19.4. The van der Waals surface area contributed by atoms with E-state index in [-0.39, 0.29) is 0 Å². The topological polar surface area (TPSA) is 52.6 Å². The summed E-state index contributed by atoms with van der Waals surface area (Å²) in [6.45, 7) is 4.39. The molecule has 0 spiro atoms. The fraction of sp³-hybridized carbons (Fsp3) is 0.400. The van der Waals surface area contributed by atoms with Gasteiger partial charge in [0, 0.05) is 11.5 Å². The van der Waals surface area contributed by atoms with Crippen LogP contribution < -0.4 is 5.43 Å². The summed E-state index contributed by atoms with van der Waals surface area (Å²) in [5.41, 5.74) is -3.31. The Hall–Kier alpha value is -2.09. The summed E-state index contributed by atoms with van der Waals surface area (Å²) < 4.78 is 52.6. The van der Waals surface area contributed by atoms with Gasteiger partial charge in [-0.25, -0.2) is 9.40 Å². The quantitative estimate of drug-likeness (QED) is 0.778. The lowest BCUT2D eigenvalue weighted by Crippen LogP contribution is -2.59. The van der Waals surface area contributed by atoms with Gasteiger partial charge < -0.3 is 5.11 Å². The van der Waals surface area contributed by atoms with Gasteiger partial charge in [-0.15, -0.1) is 0 Å². The smallest absolute Gasteiger partial charge is 0.365 e. The van der Waals surface area contributed by atoms with E-state index in [0.717, 1.165) is 12.1 Å². The normalized spacial score (nSPS) is 21.9. The molecule has 8 heteroatoms. The van der Waals surface area contributed by atoms with Crippen molar-refractivity contribution in [2.75, 3.05) is 0 Å². The predicted molar refractivity (Wildman–Crippen MR) is 74.2 cm³/mol. The molecule has 1 aliphatic rings. The fourth-order valence-corrected chi connectivity index (χ4v) is 2.16. The Bertz CT molecular complexity index is 664. The summed E-state index contributed by atoms with van der Waals surface area (Å²) in [6, 6.07) is 4.87. The van der Waals surface area contributed by atoms with Crippen molar-refractivity contribution in [1.82, 2.24) is 10.4 Å². The van der Waals surface area contributed by atoms with Gasteiger partial charge in [0.25, 0.3) is 5.91 Å². The number of halogens is 4. The third-order valence-electron chi connectivity index (χ3n) is 3.64. The number of nitrogens with one attached hydrogen (secondary N) is 1. The van der Waals surface area contributed by atoms with E-state index in [1.165, 1.54) is 32.9 Å². The van der Waals surface area contributed by atoms with E-state index in [1.54, 1.807) is 0 Å². The van der Waals surface area contributed by atoms with Crippen LogP contribution in [0.1, 0.15) is 31.1 Å². The molecule has 1 aromatic rings. The lowest BCUT2D eigenvalue weighted by molar-refractivity contribution is -0.130. The van der Waals surface area contributed by atoms with E-state index >= 15 is 0 Å². The van der Waals surface area contributed by atoms with Crippen molar-refractivity contribution in [3.8, 4) is 0 Å². The SMILES string of the molecule is CC(C)(C)C1(O)C=C(C(F)(F)F)NN1C(=O)c1ccccc1F. The molecule has 0 fully saturated rings. The monoisotopic (exact) mass is 332 g/mol. The van der Waals surface area contributed by atoms with Crippen molar-refractivity contribution in [2.45, 2.75) is 32.7 Å². The molecule has 0 saturated heterocycles. The van der Waals surface area contributed by atoms with E-state index in [9.17, 15) is 27.5 Å². The average molecular weight is 332 g/mol. The molecule has 2 N–H and O–H groups in total. The van der Waals surface area contributed by atoms with Crippen LogP contribution in [-0.4, -0.2) is 27.9 Å². The largest absolute Gasteiger partial charge is 0.432 e. The Kier molecular flexibility index (Phi) is 3.92. The van der Waals surface area contributed by atoms with Gasteiger partial charge in [-0.3, -0.25) is 10.2 Å². The number of aliphatic hydroxyl groups is 1. The Morgan fingerprint density at radius 3 is 2.26 bits per heavy atom. The summed E-state index contributed by atoms with van der Waals surface area (Å²) in [4.78, 5) is 12.5. The molecule has 1 unspecified atom stereocenters. The number of allylic oxidation sites excluding steroid dienone is 1. The molecule has 1 atom stereocenters. The number of hydrazine groups is 1. The standard InChI is InChI=1S/C15H16F4N2O2/c1-13(2,3)14(23)8-11(15(17,18)19)20-21(14)12(22)9-6-4-5-7-10(9)16/h4-8,20,23H,1-3H3. The minimum Gasteiger partial charge on any atom is -0.365 e. The molecule has 1 aromatic carbocycles. The van der Waals surface area contributed by atoms with Crippen molar-refractivity contribution in [2.24, 2.45) is 5.41 Å². The summed E-state index contributed by atoms with van der Waals surface area (Å²) in [7, 11) is 0. The highest BCUT2D eigenvalue weighted by Crippen LogP contribution is 2.42. The van der Waals surface area contributed by atoms with Gasteiger partial charge in [-0.05, 0) is 12.1 Å². The number of alkyl halides is 3. The summed E-state index contributed by atoms with van der Waals surface area (Å²) in [5.74, 6) is -1.99. The van der Waals surface area contributed by atoms with Crippen LogP contribution in [-0.2, 0) is 0 Å². The van der Waals surface area contributed by atoms with Crippen LogP contribution in [0.5, 0.6) is 0 Å². The van der Waals surface area contributed by atoms with Crippen LogP contribution in [0.3, 0.4) is 0 Å². The number of rotatable bonds is 1. The van der Waals surface area contributed by atoms with Crippen LogP contribution in [0.4, 0.5) is 17.6 Å². The summed E-state index contributed by atoms with van der Waals surface area (Å²) >= 11 is 0. The van der Waals surface area contributed by atoms with E-state index in [1.807, 2.05) is 5.43 Å². The molecule has 0 aliphatic carbocycles. The first-order valence-corrected chi connectivity index (χ1v) is 6.76. The van der Waals surface area contributed by atoms with Crippen molar-refractivity contribution in [3.05, 3.63) is 47.4 Å². The second-order valence-electron chi connectivity index (χ2n) is 6.26. The highest BCUT2D eigenvalue weighted by Gasteiger charge is 2.55. The number of carbonyl (C=O) groups is 1. The van der Waals surface area contributed by atoms with E-state index in [2.05, 4.69) is 0 Å². The predicted octanol–water partition coefficient (Wildman–Crippen LogP) is 2.97. The Balaban J connectivity index is 2.50. The zero-order chi connectivity index (χ0) is 17.6. The van der Waals surface area contributed by atoms with Crippen molar-refractivity contribution < 1.29 is 27.5 Å². The first-order chi connectivity index (χ1) is 10.4. The minimum absolute atomic E-state index is 0.411. The van der Waals surface area contributed by atoms with Crippen LogP contribution >= 0.6 is 0 Å². The molecule has 0 radical (unpaired) electrons. The van der Waals surface area contributed by atoms with Gasteiger partial charge in [-0.2, -0.15) is 13.2 Å². The van der Waals surface area contributed by atoms with E-state index < -0.39 is 40.3 Å². The zero-order valence-electron chi connectivity index (χ0n) is 12.7. The number of hydrogen-bond donors (Lipinski definition) is 2. The number of hydrogen-bond acceptors (Lipinski definition) is 3. The molecule has 4 nitrogen and oxygen atoms in total. The molecule has 1 aliphatic heterocycles. The molecule has 1 heterocycles. The number of benzene rings is 1. The van der Waals surface area contributed by atoms with Gasteiger partial charge in [-0.1, -0.05) is 32.9 Å². The minimum atomic E-state index is -4.79. The molecule has 1 amide bonds. The van der Waals surface area contributed by atoms with E-state index in [0.29, 0.717) is 11.1 Å². The van der Waals surface area contributed by atoms with Gasteiger partial charge in [0.2, 0.25) is 0 Å². The molecule has 0 saturated carbocycles. The molecular weight excluding hydrogens is 316 g/mol. The van der Waals surface area contributed by atoms with Crippen LogP contribution in [0, 0.1) is 11.2 Å². The molecule has 0 bridgehead atoms. The van der Waals surface area contributed by atoms with Gasteiger partial charge in [0.1, 0.15) is 11.5 Å². The van der Waals surface area contributed by atoms with Crippen LogP contribution in [0.15, 0.2) is 36.0 Å². The zero-order valence-corrected chi connectivity index (χ0v) is 12.7. The van der Waals surface area contributed by atoms with Crippen molar-refractivity contribution in [3.63, 3.8) is 0 Å². The Morgan fingerprint density at radius 2 is 1.78 bits per heavy atom. The van der Waals surface area contributed by atoms with Crippen molar-refractivity contribution >= 4 is 5.91 Å². The summed E-state index contributed by atoms with van der Waals surface area (Å²) in [6.07, 6.45) is -4.25. The molecule has 2 rings (SSSR count). The number of amides is 1. The van der Waals surface area contributed by atoms with Crippen LogP contribution in [0.2, 0.25) is 0 Å². The summed E-state index contributed by atoms with van der Waals surface area (Å²) in [5, 5.41) is 11.1. The molecule has 23 heavy (non-hydrogen) atoms. The van der Waals surface area contributed by atoms with Crippen LogP contribution in [0.25, 0.3) is 0 Å². The molecular formula is C15H16F4N2O2. The van der Waals surface area contributed by atoms with Gasteiger partial charge in [0.15, 0.2) is 5.72 Å². The maximum atomic E-state index is 13.8. The number of nitrogens with zero attached hydrogens (tertiary/aromatic N) is 1. The lowest BCUT2D eigenvalue weighted by Gasteiger charge is -2.42. The maximum Gasteiger partial charge on any atom is 0.432 e. The maximum absolute atomic E-state index is 13.8. The Morgan fingerprint density at radius 1 is 1.22 bits per heavy atom. The molecule has 126 valence electrons. The third-order valence-corrected chi connectivity index (χ3v) is 3.64. The van der Waals surface area contributed by atoms with E-state index in [4.69, 9.17) is 0 Å². The molecule has 0 aromatic heterocycles. The second kappa shape index (κ2) is 5.23. The van der Waals surface area contributed by atoms with Crippen molar-refractivity contribution in [1.29, 1.82) is 0 Å². The number of carbonyl (C=O) groups excluding carboxylic acids is 1. The fourth-order valence-electron chi connectivity index (χ4n) is 2.16. The lowest BCUT2D eigenvalue weighted by atomic mass is 9.82.